The van der Waals surface area contributed by atoms with E-state index in [9.17, 15) is 14.7 Å². The molecule has 1 N–H and O–H groups in total. The predicted octanol–water partition coefficient (Wildman–Crippen LogP) is -0.0243. The smallest absolute Gasteiger partial charge is 0.330 e. The molecule has 0 aliphatic heterocycles. The van der Waals surface area contributed by atoms with E-state index in [4.69, 9.17) is 0 Å². The maximum Gasteiger partial charge on any atom is 0.330 e. The van der Waals surface area contributed by atoms with Crippen molar-refractivity contribution in [3.05, 3.63) is 24.3 Å². The Morgan fingerprint density at radius 1 is 1.77 bits per heavy atom. The van der Waals surface area contributed by atoms with Gasteiger partial charge in [0.1, 0.15) is 5.60 Å². The molecular weight excluding hydrogens is 172 g/mol. The number of carbonyl (C=O) groups excluding carboxylic acids is 2. The van der Waals surface area contributed by atoms with Crippen molar-refractivity contribution < 1.29 is 19.4 Å². The van der Waals surface area contributed by atoms with Gasteiger partial charge in [0.15, 0.2) is 5.78 Å². The van der Waals surface area contributed by atoms with Crippen molar-refractivity contribution in [1.29, 1.82) is 0 Å². The van der Waals surface area contributed by atoms with Crippen LogP contribution in [0.25, 0.3) is 0 Å². The molecule has 0 heterocycles. The molecule has 0 spiro atoms. The van der Waals surface area contributed by atoms with Crippen molar-refractivity contribution in [3.8, 4) is 0 Å². The lowest BCUT2D eigenvalue weighted by atomic mass is 10.0. The molecule has 0 saturated heterocycles. The summed E-state index contributed by atoms with van der Waals surface area (Å²) in [6, 6.07) is 0. The molecule has 0 radical (unpaired) electrons. The van der Waals surface area contributed by atoms with Gasteiger partial charge < -0.3 is 9.84 Å². The van der Waals surface area contributed by atoms with E-state index >= 15 is 0 Å². The molecule has 13 heavy (non-hydrogen) atoms. The third-order valence-corrected chi connectivity index (χ3v) is 1.72. The number of esters is 1. The zero-order valence-corrected chi connectivity index (χ0v) is 7.19. The Kier molecular flexibility index (Phi) is 2.63. The number of ether oxygens (including phenoxy) is 1. The molecule has 1 unspecified atom stereocenters. The van der Waals surface area contributed by atoms with Crippen molar-refractivity contribution in [2.24, 2.45) is 0 Å². The third-order valence-electron chi connectivity index (χ3n) is 1.72. The molecular formula is C9H10O4. The van der Waals surface area contributed by atoms with Crippen LogP contribution in [-0.4, -0.2) is 29.6 Å². The van der Waals surface area contributed by atoms with Gasteiger partial charge in [-0.25, -0.2) is 4.79 Å². The van der Waals surface area contributed by atoms with Gasteiger partial charge in [0, 0.05) is 12.5 Å². The second kappa shape index (κ2) is 3.53. The van der Waals surface area contributed by atoms with Crippen molar-refractivity contribution in [3.63, 3.8) is 0 Å². The lowest BCUT2D eigenvalue weighted by Gasteiger charge is -2.12. The lowest BCUT2D eigenvalue weighted by Crippen LogP contribution is -2.21. The molecule has 0 saturated carbocycles. The molecule has 1 aliphatic carbocycles. The van der Waals surface area contributed by atoms with E-state index in [1.165, 1.54) is 25.3 Å². The highest BCUT2D eigenvalue weighted by molar-refractivity contribution is 5.94. The van der Waals surface area contributed by atoms with E-state index in [1.807, 2.05) is 0 Å². The maximum absolute atomic E-state index is 10.8. The molecule has 1 rings (SSSR count). The Morgan fingerprint density at radius 3 is 2.92 bits per heavy atom. The van der Waals surface area contributed by atoms with Crippen LogP contribution in [0.5, 0.6) is 0 Å². The van der Waals surface area contributed by atoms with Gasteiger partial charge in [0.25, 0.3) is 0 Å². The fourth-order valence-electron chi connectivity index (χ4n) is 1.03. The molecule has 1 atom stereocenters. The van der Waals surface area contributed by atoms with Crippen LogP contribution in [0.1, 0.15) is 6.42 Å². The molecule has 0 fully saturated rings. The summed E-state index contributed by atoms with van der Waals surface area (Å²) in [6.07, 6.45) is 4.99. The number of rotatable bonds is 2. The molecule has 0 amide bonds. The predicted molar refractivity (Wildman–Crippen MR) is 44.9 cm³/mol. The van der Waals surface area contributed by atoms with E-state index < -0.39 is 11.6 Å². The van der Waals surface area contributed by atoms with E-state index in [0.29, 0.717) is 0 Å². The van der Waals surface area contributed by atoms with Crippen LogP contribution in [0.3, 0.4) is 0 Å². The highest BCUT2D eigenvalue weighted by atomic mass is 16.5. The van der Waals surface area contributed by atoms with Gasteiger partial charge in [-0.15, -0.1) is 0 Å². The standard InChI is InChI=1S/C9H10O4/c1-13-8(11)3-5-9(12)4-2-7(10)6-9/h2-5,12H,6H2,1H3/b5-3+. The first-order valence-electron chi connectivity index (χ1n) is 3.77. The minimum atomic E-state index is -1.31. The van der Waals surface area contributed by atoms with Crippen LogP contribution in [0.2, 0.25) is 0 Å². The molecule has 0 aromatic heterocycles. The van der Waals surface area contributed by atoms with Gasteiger partial charge >= 0.3 is 5.97 Å². The van der Waals surface area contributed by atoms with Crippen LogP contribution in [-0.2, 0) is 14.3 Å². The topological polar surface area (TPSA) is 63.6 Å². The number of aliphatic hydroxyl groups is 1. The fraction of sp³-hybridized carbons (Fsp3) is 0.333. The van der Waals surface area contributed by atoms with Gasteiger partial charge in [0.2, 0.25) is 0 Å². The Bertz CT molecular complexity index is 290. The average molecular weight is 182 g/mol. The summed E-state index contributed by atoms with van der Waals surface area (Å²) in [5.41, 5.74) is -1.31. The fourth-order valence-corrected chi connectivity index (χ4v) is 1.03. The van der Waals surface area contributed by atoms with Crippen LogP contribution >= 0.6 is 0 Å². The van der Waals surface area contributed by atoms with Gasteiger partial charge in [0.05, 0.1) is 7.11 Å². The van der Waals surface area contributed by atoms with E-state index in [-0.39, 0.29) is 12.2 Å². The molecule has 70 valence electrons. The molecule has 4 heteroatoms. The second-order valence-corrected chi connectivity index (χ2v) is 2.82. The zero-order chi connectivity index (χ0) is 9.90. The van der Waals surface area contributed by atoms with Crippen molar-refractivity contribution in [2.45, 2.75) is 12.0 Å². The number of hydrogen-bond acceptors (Lipinski definition) is 4. The van der Waals surface area contributed by atoms with E-state index in [1.54, 1.807) is 0 Å². The number of carbonyl (C=O) groups is 2. The number of methoxy groups -OCH3 is 1. The highest BCUT2D eigenvalue weighted by Gasteiger charge is 2.28. The summed E-state index contributed by atoms with van der Waals surface area (Å²) < 4.78 is 4.34. The van der Waals surface area contributed by atoms with Gasteiger partial charge in [-0.1, -0.05) is 0 Å². The Hall–Kier alpha value is -1.42. The highest BCUT2D eigenvalue weighted by Crippen LogP contribution is 2.21. The second-order valence-electron chi connectivity index (χ2n) is 2.82. The summed E-state index contributed by atoms with van der Waals surface area (Å²) in [7, 11) is 1.24. The third kappa shape index (κ3) is 2.52. The van der Waals surface area contributed by atoms with Crippen LogP contribution < -0.4 is 0 Å². The van der Waals surface area contributed by atoms with Crippen molar-refractivity contribution >= 4 is 11.8 Å². The zero-order valence-electron chi connectivity index (χ0n) is 7.19. The Balaban J connectivity index is 2.64. The largest absolute Gasteiger partial charge is 0.466 e. The number of ketones is 1. The average Bonchev–Trinajstić information content (AvgIpc) is 2.43. The van der Waals surface area contributed by atoms with Crippen molar-refractivity contribution in [2.75, 3.05) is 7.11 Å². The summed E-state index contributed by atoms with van der Waals surface area (Å²) in [5.74, 6) is -0.710. The van der Waals surface area contributed by atoms with E-state index in [2.05, 4.69) is 4.74 Å². The summed E-state index contributed by atoms with van der Waals surface area (Å²) in [5, 5.41) is 9.60. The summed E-state index contributed by atoms with van der Waals surface area (Å²) >= 11 is 0. The molecule has 0 aromatic rings. The molecule has 0 bridgehead atoms. The normalized spacial score (nSPS) is 27.1. The van der Waals surface area contributed by atoms with Crippen LogP contribution in [0.15, 0.2) is 24.3 Å². The Morgan fingerprint density at radius 2 is 2.46 bits per heavy atom. The Labute approximate surface area is 75.5 Å². The SMILES string of the molecule is COC(=O)/C=C/C1(O)C=CC(=O)C1. The monoisotopic (exact) mass is 182 g/mol. The minimum Gasteiger partial charge on any atom is -0.466 e. The van der Waals surface area contributed by atoms with Gasteiger partial charge in [-0.3, -0.25) is 4.79 Å². The number of hydrogen-bond donors (Lipinski definition) is 1. The molecule has 0 aromatic carbocycles. The van der Waals surface area contributed by atoms with E-state index in [0.717, 1.165) is 6.08 Å². The quantitative estimate of drug-likeness (QED) is 0.481. The summed E-state index contributed by atoms with van der Waals surface area (Å²) in [4.78, 5) is 21.4. The first-order valence-corrected chi connectivity index (χ1v) is 3.77. The first kappa shape index (κ1) is 9.67. The van der Waals surface area contributed by atoms with Gasteiger partial charge in [-0.05, 0) is 18.2 Å². The number of allylic oxidation sites excluding steroid dienone is 1. The van der Waals surface area contributed by atoms with Crippen molar-refractivity contribution in [1.82, 2.24) is 0 Å². The van der Waals surface area contributed by atoms with Crippen LogP contribution in [0.4, 0.5) is 0 Å². The van der Waals surface area contributed by atoms with Gasteiger partial charge in [-0.2, -0.15) is 0 Å². The minimum absolute atomic E-state index is 0.0134. The molecule has 4 nitrogen and oxygen atoms in total. The lowest BCUT2D eigenvalue weighted by molar-refractivity contribution is -0.135. The first-order chi connectivity index (χ1) is 6.06. The maximum atomic E-state index is 10.8. The summed E-state index contributed by atoms with van der Waals surface area (Å²) in [6.45, 7) is 0. The molecule has 1 aliphatic rings. The van der Waals surface area contributed by atoms with Crippen LogP contribution in [0, 0.1) is 0 Å².